The van der Waals surface area contributed by atoms with Crippen molar-refractivity contribution in [2.45, 2.75) is 11.6 Å². The van der Waals surface area contributed by atoms with E-state index in [1.54, 1.807) is 13.2 Å². The molecule has 0 saturated carbocycles. The zero-order valence-corrected chi connectivity index (χ0v) is 14.4. The van der Waals surface area contributed by atoms with Gasteiger partial charge in [0.2, 0.25) is 17.0 Å². The maximum absolute atomic E-state index is 11.8. The van der Waals surface area contributed by atoms with E-state index >= 15 is 0 Å². The van der Waals surface area contributed by atoms with Crippen molar-refractivity contribution in [2.75, 3.05) is 31.8 Å². The summed E-state index contributed by atoms with van der Waals surface area (Å²) >= 11 is 0. The summed E-state index contributed by atoms with van der Waals surface area (Å²) < 4.78 is 18.3. The number of anilines is 1. The van der Waals surface area contributed by atoms with Gasteiger partial charge >= 0.3 is 0 Å². The molecule has 3 heterocycles. The van der Waals surface area contributed by atoms with E-state index in [0.717, 1.165) is 0 Å². The number of carbonyl (C=O) groups excluding carboxylic acids is 2. The molecule has 11 heteroatoms. The van der Waals surface area contributed by atoms with Crippen molar-refractivity contribution in [3.8, 4) is 0 Å². The first-order valence-corrected chi connectivity index (χ1v) is 8.92. The molecule has 0 bridgehead atoms. The molecule has 1 fully saturated rings. The zero-order valence-electron chi connectivity index (χ0n) is 13.6. The fraction of sp³-hybridized carbons (Fsp3) is 0.357. The minimum Gasteiger partial charge on any atom is -0.383 e. The topological polar surface area (TPSA) is 128 Å². The Morgan fingerprint density at radius 1 is 1.44 bits per heavy atom. The molecule has 2 aromatic heterocycles. The molecule has 0 radical (unpaired) electrons. The van der Waals surface area contributed by atoms with Crippen LogP contribution in [0.2, 0.25) is 0 Å². The lowest BCUT2D eigenvalue weighted by molar-refractivity contribution is -0.124. The third-order valence-corrected chi connectivity index (χ3v) is 4.14. The minimum absolute atomic E-state index is 0.00671. The van der Waals surface area contributed by atoms with E-state index < -0.39 is 16.7 Å². The summed E-state index contributed by atoms with van der Waals surface area (Å²) in [4.78, 5) is 31.5. The predicted molar refractivity (Wildman–Crippen MR) is 89.2 cm³/mol. The fourth-order valence-corrected chi connectivity index (χ4v) is 2.72. The Balaban J connectivity index is 2.06. The van der Waals surface area contributed by atoms with E-state index in [-0.39, 0.29) is 17.5 Å². The molecule has 10 nitrogen and oxygen atoms in total. The number of nitrogens with one attached hydrogen (secondary N) is 2. The highest BCUT2D eigenvalue weighted by atomic mass is 32.2. The fourth-order valence-electron chi connectivity index (χ4n) is 2.29. The maximum Gasteiger partial charge on any atom is 0.254 e. The molecule has 0 aliphatic carbocycles. The van der Waals surface area contributed by atoms with E-state index in [1.165, 1.54) is 17.0 Å². The SMILES string of the molecule is COCCNc1nc(S(C)=O)nc2c(C=C3CC(=O)NC3=O)cnn12. The van der Waals surface area contributed by atoms with E-state index in [0.29, 0.717) is 35.9 Å². The van der Waals surface area contributed by atoms with Crippen LogP contribution in [-0.4, -0.2) is 62.1 Å². The zero-order chi connectivity index (χ0) is 18.0. The Bertz CT molecular complexity index is 906. The summed E-state index contributed by atoms with van der Waals surface area (Å²) in [5.41, 5.74) is 1.25. The van der Waals surface area contributed by atoms with Crippen molar-refractivity contribution >= 4 is 40.3 Å². The highest BCUT2D eigenvalue weighted by Crippen LogP contribution is 2.20. The number of ether oxygens (including phenoxy) is 1. The van der Waals surface area contributed by atoms with Crippen LogP contribution in [0.1, 0.15) is 12.0 Å². The number of imide groups is 1. The van der Waals surface area contributed by atoms with Crippen LogP contribution in [0.4, 0.5) is 5.95 Å². The van der Waals surface area contributed by atoms with Gasteiger partial charge in [-0.05, 0) is 6.08 Å². The molecular formula is C14H16N6O4S. The van der Waals surface area contributed by atoms with Crippen molar-refractivity contribution in [3.05, 3.63) is 17.3 Å². The first kappa shape index (κ1) is 17.2. The smallest absolute Gasteiger partial charge is 0.254 e. The summed E-state index contributed by atoms with van der Waals surface area (Å²) in [6.45, 7) is 0.933. The molecule has 1 saturated heterocycles. The van der Waals surface area contributed by atoms with Crippen molar-refractivity contribution in [3.63, 3.8) is 0 Å². The Hall–Kier alpha value is -2.66. The number of hydrogen-bond donors (Lipinski definition) is 2. The largest absolute Gasteiger partial charge is 0.383 e. The van der Waals surface area contributed by atoms with Gasteiger partial charge < -0.3 is 10.1 Å². The number of methoxy groups -OCH3 is 1. The first-order valence-electron chi connectivity index (χ1n) is 7.36. The number of aromatic nitrogens is 4. The summed E-state index contributed by atoms with van der Waals surface area (Å²) in [5.74, 6) is -0.417. The number of amides is 2. The molecule has 1 aliphatic heterocycles. The molecule has 1 aliphatic rings. The van der Waals surface area contributed by atoms with Gasteiger partial charge in [-0.25, -0.2) is 0 Å². The van der Waals surface area contributed by atoms with Gasteiger partial charge in [0.05, 0.1) is 30.0 Å². The quantitative estimate of drug-likeness (QED) is 0.393. The van der Waals surface area contributed by atoms with Crippen LogP contribution in [0.5, 0.6) is 0 Å². The van der Waals surface area contributed by atoms with Crippen LogP contribution >= 0.6 is 0 Å². The molecule has 25 heavy (non-hydrogen) atoms. The summed E-state index contributed by atoms with van der Waals surface area (Å²) in [7, 11) is 0.179. The van der Waals surface area contributed by atoms with Gasteiger partial charge in [0.15, 0.2) is 5.65 Å². The molecule has 0 spiro atoms. The molecule has 1 atom stereocenters. The Morgan fingerprint density at radius 3 is 2.88 bits per heavy atom. The number of carbonyl (C=O) groups is 2. The highest BCUT2D eigenvalue weighted by molar-refractivity contribution is 7.84. The third-order valence-electron chi connectivity index (χ3n) is 3.45. The number of fused-ring (bicyclic) bond motifs is 1. The predicted octanol–water partition coefficient (Wildman–Crippen LogP) is -0.650. The second-order valence-corrected chi connectivity index (χ2v) is 6.54. The summed E-state index contributed by atoms with van der Waals surface area (Å²) in [5, 5.41) is 9.61. The molecule has 0 aromatic carbocycles. The van der Waals surface area contributed by atoms with Gasteiger partial charge in [0.1, 0.15) is 0 Å². The van der Waals surface area contributed by atoms with E-state index in [1.807, 2.05) is 0 Å². The first-order chi connectivity index (χ1) is 12.0. The average Bonchev–Trinajstić information content (AvgIpc) is 3.11. The van der Waals surface area contributed by atoms with E-state index in [4.69, 9.17) is 4.74 Å². The monoisotopic (exact) mass is 364 g/mol. The molecule has 2 amide bonds. The second kappa shape index (κ2) is 7.07. The lowest BCUT2D eigenvalue weighted by Gasteiger charge is -2.08. The molecule has 2 N–H and O–H groups in total. The van der Waals surface area contributed by atoms with Crippen LogP contribution < -0.4 is 10.6 Å². The maximum atomic E-state index is 11.8. The van der Waals surface area contributed by atoms with Gasteiger partial charge in [-0.2, -0.15) is 19.6 Å². The van der Waals surface area contributed by atoms with Crippen molar-refractivity contribution in [1.29, 1.82) is 0 Å². The second-order valence-electron chi connectivity index (χ2n) is 5.26. The molecular weight excluding hydrogens is 348 g/mol. The third kappa shape index (κ3) is 3.56. The molecule has 1 unspecified atom stereocenters. The van der Waals surface area contributed by atoms with Crippen LogP contribution in [0, 0.1) is 0 Å². The molecule has 132 valence electrons. The van der Waals surface area contributed by atoms with Crippen molar-refractivity contribution < 1.29 is 18.5 Å². The van der Waals surface area contributed by atoms with Gasteiger partial charge in [0.25, 0.3) is 5.91 Å². The number of nitrogens with zero attached hydrogens (tertiary/aromatic N) is 4. The summed E-state index contributed by atoms with van der Waals surface area (Å²) in [6.07, 6.45) is 4.54. The normalized spacial score (nSPS) is 17.3. The van der Waals surface area contributed by atoms with Crippen LogP contribution in [0.25, 0.3) is 11.7 Å². The van der Waals surface area contributed by atoms with Gasteiger partial charge in [-0.3, -0.25) is 19.1 Å². The minimum atomic E-state index is -1.40. The van der Waals surface area contributed by atoms with Crippen molar-refractivity contribution in [2.24, 2.45) is 0 Å². The Kier molecular flexibility index (Phi) is 4.86. The average molecular weight is 364 g/mol. The summed E-state index contributed by atoms with van der Waals surface area (Å²) in [6, 6.07) is 0. The highest BCUT2D eigenvalue weighted by Gasteiger charge is 2.24. The van der Waals surface area contributed by atoms with Gasteiger partial charge in [0, 0.05) is 31.0 Å². The lowest BCUT2D eigenvalue weighted by atomic mass is 10.1. The molecule has 2 aromatic rings. The number of hydrogen-bond acceptors (Lipinski definition) is 8. The van der Waals surface area contributed by atoms with E-state index in [9.17, 15) is 13.8 Å². The Morgan fingerprint density at radius 2 is 2.24 bits per heavy atom. The van der Waals surface area contributed by atoms with Crippen LogP contribution in [0.3, 0.4) is 0 Å². The van der Waals surface area contributed by atoms with Gasteiger partial charge in [-0.1, -0.05) is 0 Å². The molecule has 3 rings (SSSR count). The number of rotatable bonds is 6. The van der Waals surface area contributed by atoms with E-state index in [2.05, 4.69) is 25.7 Å². The van der Waals surface area contributed by atoms with Crippen molar-refractivity contribution in [1.82, 2.24) is 24.9 Å². The lowest BCUT2D eigenvalue weighted by Crippen LogP contribution is -2.19. The standard InChI is InChI=1S/C14H16N6O4S/c1-24-4-3-15-13-19-14(25(2)23)18-11-9(7-16-20(11)13)5-8-6-10(21)17-12(8)22/h5,7H,3-4,6H2,1-2H3,(H,15,18,19)(H,17,21,22). The van der Waals surface area contributed by atoms with Crippen LogP contribution in [-0.2, 0) is 25.1 Å². The Labute approximate surface area is 145 Å². The van der Waals surface area contributed by atoms with Crippen LogP contribution in [0.15, 0.2) is 16.9 Å². The van der Waals surface area contributed by atoms with Gasteiger partial charge in [-0.15, -0.1) is 0 Å².